The van der Waals surface area contributed by atoms with E-state index in [2.05, 4.69) is 26.5 Å². The van der Waals surface area contributed by atoms with Crippen molar-refractivity contribution in [2.75, 3.05) is 0 Å². The monoisotopic (exact) mass is 152 g/mol. The average molecular weight is 152 g/mol. The van der Waals surface area contributed by atoms with E-state index in [1.807, 2.05) is 6.08 Å². The van der Waals surface area contributed by atoms with Gasteiger partial charge in [0, 0.05) is 0 Å². The fraction of sp³-hybridized carbons (Fsp3) is 0.636. The standard InChI is InChI=1S/C11H20/c1-4-6-7-8-9-10-11(3)5-2/h5,10H,2,4,6-9H2,1,3H3. The minimum absolute atomic E-state index is 1.22. The van der Waals surface area contributed by atoms with Crippen molar-refractivity contribution < 1.29 is 0 Å². The van der Waals surface area contributed by atoms with Gasteiger partial charge in [0.1, 0.15) is 0 Å². The first-order valence-corrected chi connectivity index (χ1v) is 4.60. The van der Waals surface area contributed by atoms with Gasteiger partial charge in [0.05, 0.1) is 0 Å². The van der Waals surface area contributed by atoms with Gasteiger partial charge in [0.2, 0.25) is 0 Å². The van der Waals surface area contributed by atoms with Crippen LogP contribution in [0.15, 0.2) is 24.3 Å². The van der Waals surface area contributed by atoms with Crippen LogP contribution in [0, 0.1) is 0 Å². The van der Waals surface area contributed by atoms with Crippen molar-refractivity contribution in [2.45, 2.75) is 46.0 Å². The molecule has 0 spiro atoms. The Morgan fingerprint density at radius 3 is 2.55 bits per heavy atom. The van der Waals surface area contributed by atoms with Crippen molar-refractivity contribution in [3.63, 3.8) is 0 Å². The Bertz CT molecular complexity index is 120. The van der Waals surface area contributed by atoms with Gasteiger partial charge in [-0.1, -0.05) is 50.5 Å². The van der Waals surface area contributed by atoms with E-state index in [1.54, 1.807) is 0 Å². The number of unbranched alkanes of at least 4 members (excludes halogenated alkanes) is 4. The number of hydrogen-bond donors (Lipinski definition) is 0. The molecule has 0 aliphatic rings. The molecule has 0 aliphatic heterocycles. The molecule has 0 aliphatic carbocycles. The first-order chi connectivity index (χ1) is 5.31. The third-order valence-electron chi connectivity index (χ3n) is 1.85. The molecule has 0 atom stereocenters. The van der Waals surface area contributed by atoms with Crippen molar-refractivity contribution in [2.24, 2.45) is 0 Å². The highest BCUT2D eigenvalue weighted by molar-refractivity contribution is 5.12. The van der Waals surface area contributed by atoms with Crippen molar-refractivity contribution in [1.82, 2.24) is 0 Å². The summed E-state index contributed by atoms with van der Waals surface area (Å²) in [4.78, 5) is 0. The van der Waals surface area contributed by atoms with Crippen LogP contribution in [-0.2, 0) is 0 Å². The molecule has 0 heterocycles. The molecule has 0 N–H and O–H groups in total. The first-order valence-electron chi connectivity index (χ1n) is 4.60. The predicted octanol–water partition coefficient (Wildman–Crippen LogP) is 4.09. The SMILES string of the molecule is C=CC(C)=CCCCCCC. The molecule has 0 unspecified atom stereocenters. The van der Waals surface area contributed by atoms with E-state index in [0.29, 0.717) is 0 Å². The maximum absolute atomic E-state index is 3.71. The van der Waals surface area contributed by atoms with Gasteiger partial charge in [0.15, 0.2) is 0 Å². The van der Waals surface area contributed by atoms with Crippen LogP contribution in [0.25, 0.3) is 0 Å². The Balaban J connectivity index is 3.19. The molecule has 0 aromatic carbocycles. The van der Waals surface area contributed by atoms with Crippen LogP contribution in [0.3, 0.4) is 0 Å². The molecule has 0 aromatic rings. The third-order valence-corrected chi connectivity index (χ3v) is 1.85. The van der Waals surface area contributed by atoms with Crippen molar-refractivity contribution in [3.8, 4) is 0 Å². The van der Waals surface area contributed by atoms with Gasteiger partial charge in [-0.3, -0.25) is 0 Å². The minimum atomic E-state index is 1.22. The molecule has 0 saturated carbocycles. The van der Waals surface area contributed by atoms with Crippen LogP contribution in [0.4, 0.5) is 0 Å². The van der Waals surface area contributed by atoms with Gasteiger partial charge in [-0.15, -0.1) is 0 Å². The van der Waals surface area contributed by atoms with Crippen LogP contribution < -0.4 is 0 Å². The van der Waals surface area contributed by atoms with E-state index in [0.717, 1.165) is 0 Å². The summed E-state index contributed by atoms with van der Waals surface area (Å²) in [5, 5.41) is 0. The summed E-state index contributed by atoms with van der Waals surface area (Å²) >= 11 is 0. The van der Waals surface area contributed by atoms with Gasteiger partial charge in [-0.25, -0.2) is 0 Å². The molecule has 0 aromatic heterocycles. The molecule has 0 nitrogen and oxygen atoms in total. The van der Waals surface area contributed by atoms with Crippen molar-refractivity contribution in [1.29, 1.82) is 0 Å². The molecule has 0 saturated heterocycles. The maximum Gasteiger partial charge on any atom is -0.0345 e. The van der Waals surface area contributed by atoms with Crippen molar-refractivity contribution in [3.05, 3.63) is 24.3 Å². The second kappa shape index (κ2) is 7.59. The maximum atomic E-state index is 3.71. The van der Waals surface area contributed by atoms with Gasteiger partial charge < -0.3 is 0 Å². The van der Waals surface area contributed by atoms with Crippen LogP contribution in [0.1, 0.15) is 46.0 Å². The molecule has 0 bridgehead atoms. The molecule has 0 radical (unpaired) electrons. The second-order valence-electron chi connectivity index (χ2n) is 3.00. The van der Waals surface area contributed by atoms with Gasteiger partial charge in [-0.2, -0.15) is 0 Å². The molecule has 11 heavy (non-hydrogen) atoms. The lowest BCUT2D eigenvalue weighted by Crippen LogP contribution is -1.75. The van der Waals surface area contributed by atoms with Crippen LogP contribution in [0.5, 0.6) is 0 Å². The smallest absolute Gasteiger partial charge is 0.0345 e. The molecule has 0 fully saturated rings. The number of rotatable bonds is 6. The Morgan fingerprint density at radius 2 is 2.00 bits per heavy atom. The minimum Gasteiger partial charge on any atom is -0.0988 e. The summed E-state index contributed by atoms with van der Waals surface area (Å²) in [5.41, 5.74) is 1.31. The quantitative estimate of drug-likeness (QED) is 0.397. The normalized spacial score (nSPS) is 11.6. The number of hydrogen-bond acceptors (Lipinski definition) is 0. The molecule has 0 heteroatoms. The summed E-state index contributed by atoms with van der Waals surface area (Å²) < 4.78 is 0. The second-order valence-corrected chi connectivity index (χ2v) is 3.00. The zero-order valence-corrected chi connectivity index (χ0v) is 7.90. The third kappa shape index (κ3) is 7.38. The van der Waals surface area contributed by atoms with E-state index in [-0.39, 0.29) is 0 Å². The summed E-state index contributed by atoms with van der Waals surface area (Å²) in [6, 6.07) is 0. The lowest BCUT2D eigenvalue weighted by Gasteiger charge is -1.95. The fourth-order valence-electron chi connectivity index (χ4n) is 0.984. The highest BCUT2D eigenvalue weighted by Crippen LogP contribution is 2.05. The number of allylic oxidation sites excluding steroid dienone is 3. The van der Waals surface area contributed by atoms with Crippen LogP contribution >= 0.6 is 0 Å². The predicted molar refractivity (Wildman–Crippen MR) is 52.7 cm³/mol. The van der Waals surface area contributed by atoms with Gasteiger partial charge in [0.25, 0.3) is 0 Å². The topological polar surface area (TPSA) is 0 Å². The highest BCUT2D eigenvalue weighted by atomic mass is 13.9. The molecular weight excluding hydrogens is 132 g/mol. The van der Waals surface area contributed by atoms with E-state index < -0.39 is 0 Å². The van der Waals surface area contributed by atoms with E-state index in [1.165, 1.54) is 37.7 Å². The lowest BCUT2D eigenvalue weighted by molar-refractivity contribution is 0.674. The van der Waals surface area contributed by atoms with Crippen molar-refractivity contribution >= 4 is 0 Å². The molecule has 0 rings (SSSR count). The fourth-order valence-corrected chi connectivity index (χ4v) is 0.984. The summed E-state index contributed by atoms with van der Waals surface area (Å²) in [7, 11) is 0. The van der Waals surface area contributed by atoms with E-state index in [9.17, 15) is 0 Å². The Morgan fingerprint density at radius 1 is 1.27 bits per heavy atom. The van der Waals surface area contributed by atoms with Gasteiger partial charge >= 0.3 is 0 Å². The Hall–Kier alpha value is -0.520. The Kier molecular flexibility index (Phi) is 7.23. The summed E-state index contributed by atoms with van der Waals surface area (Å²) in [6.45, 7) is 8.05. The first kappa shape index (κ1) is 10.5. The largest absolute Gasteiger partial charge is 0.0988 e. The Labute approximate surface area is 71.0 Å². The summed E-state index contributed by atoms with van der Waals surface area (Å²) in [5.74, 6) is 0. The highest BCUT2D eigenvalue weighted by Gasteiger charge is 1.85. The van der Waals surface area contributed by atoms with Crippen LogP contribution in [0.2, 0.25) is 0 Å². The zero-order chi connectivity index (χ0) is 8.53. The summed E-state index contributed by atoms with van der Waals surface area (Å²) in [6.07, 6.45) is 10.8. The molecular formula is C11H20. The zero-order valence-electron chi connectivity index (χ0n) is 7.90. The van der Waals surface area contributed by atoms with Gasteiger partial charge in [-0.05, 0) is 19.8 Å². The van der Waals surface area contributed by atoms with E-state index in [4.69, 9.17) is 0 Å². The average Bonchev–Trinajstić information content (AvgIpc) is 2.04. The van der Waals surface area contributed by atoms with Crippen LogP contribution in [-0.4, -0.2) is 0 Å². The lowest BCUT2D eigenvalue weighted by atomic mass is 10.1. The molecule has 64 valence electrons. The van der Waals surface area contributed by atoms with E-state index >= 15 is 0 Å². The molecule has 0 amide bonds.